The minimum atomic E-state index is -4.39. The summed E-state index contributed by atoms with van der Waals surface area (Å²) in [6.07, 6.45) is -4.03. The lowest BCUT2D eigenvalue weighted by Crippen LogP contribution is -2.19. The highest BCUT2D eigenvalue weighted by Gasteiger charge is 2.28. The molecular weight excluding hydrogens is 317 g/mol. The standard InChI is InChI=1S/C14H13F3N2O4/c1-21-12(20)7-6-11-18-13(19-23-11)9-2-4-10(5-3-9)22-8-14(15,16)17/h2-5H,6-8H2,1H3. The van der Waals surface area contributed by atoms with Gasteiger partial charge in [-0.05, 0) is 24.3 Å². The molecule has 1 heterocycles. The number of benzene rings is 1. The summed E-state index contributed by atoms with van der Waals surface area (Å²) in [5.74, 6) is 0.228. The van der Waals surface area contributed by atoms with Crippen LogP contribution in [0.3, 0.4) is 0 Å². The van der Waals surface area contributed by atoms with Gasteiger partial charge in [0, 0.05) is 12.0 Å². The fourth-order valence-electron chi connectivity index (χ4n) is 1.65. The maximum absolute atomic E-state index is 12.1. The Hall–Kier alpha value is -2.58. The maximum atomic E-state index is 12.1. The highest BCUT2D eigenvalue weighted by atomic mass is 19.4. The van der Waals surface area contributed by atoms with E-state index >= 15 is 0 Å². The van der Waals surface area contributed by atoms with Crippen LogP contribution in [0.1, 0.15) is 12.3 Å². The molecule has 0 radical (unpaired) electrons. The highest BCUT2D eigenvalue weighted by Crippen LogP contribution is 2.22. The third-order valence-electron chi connectivity index (χ3n) is 2.75. The Morgan fingerprint density at radius 1 is 1.26 bits per heavy atom. The summed E-state index contributed by atoms with van der Waals surface area (Å²) < 4.78 is 50.3. The lowest BCUT2D eigenvalue weighted by Gasteiger charge is -2.08. The Morgan fingerprint density at radius 3 is 2.57 bits per heavy atom. The molecule has 1 aromatic heterocycles. The van der Waals surface area contributed by atoms with E-state index in [2.05, 4.69) is 19.6 Å². The lowest BCUT2D eigenvalue weighted by atomic mass is 10.2. The number of hydrogen-bond donors (Lipinski definition) is 0. The first-order chi connectivity index (χ1) is 10.9. The van der Waals surface area contributed by atoms with Crippen molar-refractivity contribution in [3.05, 3.63) is 30.2 Å². The Balaban J connectivity index is 1.97. The normalized spacial score (nSPS) is 11.3. The third kappa shape index (κ3) is 5.28. The minimum absolute atomic E-state index is 0.0838. The van der Waals surface area contributed by atoms with Crippen LogP contribution < -0.4 is 4.74 Å². The average molecular weight is 330 g/mol. The van der Waals surface area contributed by atoms with Crippen LogP contribution in [-0.2, 0) is 16.0 Å². The molecule has 9 heteroatoms. The molecule has 0 saturated carbocycles. The van der Waals surface area contributed by atoms with Crippen molar-refractivity contribution < 1.29 is 32.0 Å². The SMILES string of the molecule is COC(=O)CCc1nc(-c2ccc(OCC(F)(F)F)cc2)no1. The Kier molecular flexibility index (Phi) is 5.20. The van der Waals surface area contributed by atoms with E-state index in [4.69, 9.17) is 4.52 Å². The number of aromatic nitrogens is 2. The molecule has 0 amide bonds. The fraction of sp³-hybridized carbons (Fsp3) is 0.357. The van der Waals surface area contributed by atoms with Crippen LogP contribution in [0.25, 0.3) is 11.4 Å². The quantitative estimate of drug-likeness (QED) is 0.758. The van der Waals surface area contributed by atoms with Crippen molar-refractivity contribution in [3.63, 3.8) is 0 Å². The van der Waals surface area contributed by atoms with Crippen molar-refractivity contribution in [1.82, 2.24) is 10.1 Å². The van der Waals surface area contributed by atoms with Crippen molar-refractivity contribution >= 4 is 5.97 Å². The van der Waals surface area contributed by atoms with Crippen LogP contribution in [-0.4, -0.2) is 36.0 Å². The molecule has 124 valence electrons. The predicted octanol–water partition coefficient (Wildman–Crippen LogP) is 2.78. The van der Waals surface area contributed by atoms with E-state index < -0.39 is 18.8 Å². The zero-order valence-electron chi connectivity index (χ0n) is 12.1. The summed E-state index contributed by atoms with van der Waals surface area (Å²) in [7, 11) is 1.28. The number of nitrogens with zero attached hydrogens (tertiary/aromatic N) is 2. The largest absolute Gasteiger partial charge is 0.484 e. The summed E-state index contributed by atoms with van der Waals surface area (Å²) in [5, 5.41) is 3.75. The molecule has 0 saturated heterocycles. The zero-order valence-corrected chi connectivity index (χ0v) is 12.1. The second kappa shape index (κ2) is 7.12. The number of aryl methyl sites for hydroxylation is 1. The minimum Gasteiger partial charge on any atom is -0.484 e. The van der Waals surface area contributed by atoms with E-state index in [-0.39, 0.29) is 30.3 Å². The number of halogens is 3. The van der Waals surface area contributed by atoms with Gasteiger partial charge in [0.25, 0.3) is 0 Å². The number of hydrogen-bond acceptors (Lipinski definition) is 6. The van der Waals surface area contributed by atoms with Crippen LogP contribution in [0.5, 0.6) is 5.75 Å². The number of carbonyl (C=O) groups excluding carboxylic acids is 1. The molecule has 0 atom stereocenters. The second-order valence-electron chi connectivity index (χ2n) is 4.52. The molecule has 2 aromatic rings. The fourth-order valence-corrected chi connectivity index (χ4v) is 1.65. The van der Waals surface area contributed by atoms with Crippen molar-refractivity contribution in [2.45, 2.75) is 19.0 Å². The van der Waals surface area contributed by atoms with E-state index in [0.717, 1.165) is 0 Å². The summed E-state index contributed by atoms with van der Waals surface area (Å²) in [4.78, 5) is 15.1. The van der Waals surface area contributed by atoms with Crippen molar-refractivity contribution in [1.29, 1.82) is 0 Å². The van der Waals surface area contributed by atoms with Crippen LogP contribution in [0, 0.1) is 0 Å². The molecule has 0 bridgehead atoms. The van der Waals surface area contributed by atoms with Gasteiger partial charge in [0.05, 0.1) is 13.5 Å². The Morgan fingerprint density at radius 2 is 1.96 bits per heavy atom. The lowest BCUT2D eigenvalue weighted by molar-refractivity contribution is -0.153. The van der Waals surface area contributed by atoms with Crippen LogP contribution in [0.4, 0.5) is 13.2 Å². The smallest absolute Gasteiger partial charge is 0.422 e. The van der Waals surface area contributed by atoms with Gasteiger partial charge < -0.3 is 14.0 Å². The molecule has 23 heavy (non-hydrogen) atoms. The molecule has 0 aliphatic rings. The number of esters is 1. The van der Waals surface area contributed by atoms with Crippen molar-refractivity contribution in [3.8, 4) is 17.1 Å². The number of ether oxygens (including phenoxy) is 2. The molecular formula is C14H13F3N2O4. The number of alkyl halides is 3. The maximum Gasteiger partial charge on any atom is 0.422 e. The van der Waals surface area contributed by atoms with E-state index in [1.807, 2.05) is 0 Å². The summed E-state index contributed by atoms with van der Waals surface area (Å²) >= 11 is 0. The van der Waals surface area contributed by atoms with Gasteiger partial charge in [-0.3, -0.25) is 4.79 Å². The van der Waals surface area contributed by atoms with E-state index in [1.54, 1.807) is 0 Å². The molecule has 6 nitrogen and oxygen atoms in total. The summed E-state index contributed by atoms with van der Waals surface area (Å²) in [6.45, 7) is -1.35. The van der Waals surface area contributed by atoms with Gasteiger partial charge in [0.1, 0.15) is 5.75 Å². The number of rotatable bonds is 6. The topological polar surface area (TPSA) is 74.5 Å². The monoisotopic (exact) mass is 330 g/mol. The molecule has 0 aliphatic carbocycles. The van der Waals surface area contributed by atoms with Crippen molar-refractivity contribution in [2.75, 3.05) is 13.7 Å². The van der Waals surface area contributed by atoms with Crippen molar-refractivity contribution in [2.24, 2.45) is 0 Å². The van der Waals surface area contributed by atoms with Crippen LogP contribution >= 0.6 is 0 Å². The van der Waals surface area contributed by atoms with E-state index in [1.165, 1.54) is 31.4 Å². The second-order valence-corrected chi connectivity index (χ2v) is 4.52. The van der Waals surface area contributed by atoms with Gasteiger partial charge in [-0.25, -0.2) is 0 Å². The van der Waals surface area contributed by atoms with E-state index in [9.17, 15) is 18.0 Å². The predicted molar refractivity (Wildman–Crippen MR) is 71.6 cm³/mol. The number of methoxy groups -OCH3 is 1. The Bertz CT molecular complexity index is 653. The summed E-state index contributed by atoms with van der Waals surface area (Å²) in [6, 6.07) is 5.79. The van der Waals surface area contributed by atoms with Crippen LogP contribution in [0.2, 0.25) is 0 Å². The Labute approximate surface area is 129 Å². The number of carbonyl (C=O) groups is 1. The molecule has 0 spiro atoms. The average Bonchev–Trinajstić information content (AvgIpc) is 2.99. The highest BCUT2D eigenvalue weighted by molar-refractivity contribution is 5.69. The van der Waals surface area contributed by atoms with Crippen LogP contribution in [0.15, 0.2) is 28.8 Å². The van der Waals surface area contributed by atoms with Gasteiger partial charge in [0.15, 0.2) is 6.61 Å². The first-order valence-corrected chi connectivity index (χ1v) is 6.57. The molecule has 2 rings (SSSR count). The zero-order chi connectivity index (χ0) is 16.9. The van der Waals surface area contributed by atoms with Gasteiger partial charge in [-0.2, -0.15) is 18.2 Å². The van der Waals surface area contributed by atoms with Gasteiger partial charge in [-0.15, -0.1) is 0 Å². The molecule has 0 aliphatic heterocycles. The van der Waals surface area contributed by atoms with E-state index in [0.29, 0.717) is 5.56 Å². The summed E-state index contributed by atoms with van der Waals surface area (Å²) in [5.41, 5.74) is 0.553. The van der Waals surface area contributed by atoms with Gasteiger partial charge in [-0.1, -0.05) is 5.16 Å². The molecule has 0 unspecified atom stereocenters. The van der Waals surface area contributed by atoms with Gasteiger partial charge >= 0.3 is 12.1 Å². The molecule has 0 N–H and O–H groups in total. The molecule has 1 aromatic carbocycles. The first-order valence-electron chi connectivity index (χ1n) is 6.57. The van der Waals surface area contributed by atoms with Gasteiger partial charge in [0.2, 0.25) is 11.7 Å². The third-order valence-corrected chi connectivity index (χ3v) is 2.75. The first kappa shape index (κ1) is 16.8. The molecule has 0 fully saturated rings.